The molecule has 0 radical (unpaired) electrons. The number of rotatable bonds is 2. The van der Waals surface area contributed by atoms with E-state index in [1.54, 1.807) is 6.92 Å². The van der Waals surface area contributed by atoms with Gasteiger partial charge in [0.1, 0.15) is 11.6 Å². The zero-order valence-electron chi connectivity index (χ0n) is 12.4. The van der Waals surface area contributed by atoms with Crippen molar-refractivity contribution in [3.8, 4) is 6.07 Å². The van der Waals surface area contributed by atoms with E-state index in [0.29, 0.717) is 5.56 Å². The van der Waals surface area contributed by atoms with Gasteiger partial charge < -0.3 is 10.2 Å². The van der Waals surface area contributed by atoms with Crippen molar-refractivity contribution in [2.45, 2.75) is 25.3 Å². The Kier molecular flexibility index (Phi) is 3.49. The van der Waals surface area contributed by atoms with E-state index >= 15 is 0 Å². The van der Waals surface area contributed by atoms with E-state index in [1.165, 1.54) is 0 Å². The van der Waals surface area contributed by atoms with Gasteiger partial charge in [0.05, 0.1) is 11.3 Å². The molecule has 1 aromatic carbocycles. The second kappa shape index (κ2) is 5.34. The number of nitrogens with one attached hydrogen (secondary N) is 2. The zero-order valence-corrected chi connectivity index (χ0v) is 12.4. The molecule has 1 aromatic rings. The van der Waals surface area contributed by atoms with Gasteiger partial charge in [-0.2, -0.15) is 5.26 Å². The minimum absolute atomic E-state index is 0.101. The molecule has 0 aromatic heterocycles. The van der Waals surface area contributed by atoms with Crippen LogP contribution in [-0.4, -0.2) is 30.6 Å². The lowest BCUT2D eigenvalue weighted by atomic mass is 9.79. The van der Waals surface area contributed by atoms with Crippen LogP contribution < -0.4 is 15.5 Å². The molecule has 1 unspecified atom stereocenters. The van der Waals surface area contributed by atoms with E-state index in [9.17, 15) is 14.9 Å². The summed E-state index contributed by atoms with van der Waals surface area (Å²) in [4.78, 5) is 25.6. The number of piperidine rings is 1. The van der Waals surface area contributed by atoms with Crippen molar-refractivity contribution in [2.75, 3.05) is 18.0 Å². The molecule has 0 saturated carbocycles. The number of para-hydroxylation sites is 1. The summed E-state index contributed by atoms with van der Waals surface area (Å²) in [6.45, 7) is 3.32. The first-order chi connectivity index (χ1) is 10.5. The van der Waals surface area contributed by atoms with Crippen molar-refractivity contribution < 1.29 is 9.59 Å². The molecule has 0 aliphatic carbocycles. The standard InChI is InChI=1S/C16H18N4O2/c1-16(14(21)18-15(22)19-16)12-6-8-20(9-7-12)13-5-3-2-4-11(13)10-17/h2-5,12H,6-9H2,1H3,(H2,18,19,21,22). The third-order valence-corrected chi connectivity index (χ3v) is 4.75. The van der Waals surface area contributed by atoms with Crippen molar-refractivity contribution in [3.05, 3.63) is 29.8 Å². The summed E-state index contributed by atoms with van der Waals surface area (Å²) >= 11 is 0. The molecule has 0 spiro atoms. The number of carbonyl (C=O) groups excluding carboxylic acids is 2. The lowest BCUT2D eigenvalue weighted by Crippen LogP contribution is -2.53. The third kappa shape index (κ3) is 2.29. The number of benzene rings is 1. The van der Waals surface area contributed by atoms with Crippen LogP contribution in [0.5, 0.6) is 0 Å². The maximum atomic E-state index is 12.0. The van der Waals surface area contributed by atoms with E-state index in [4.69, 9.17) is 0 Å². The fourth-order valence-corrected chi connectivity index (χ4v) is 3.39. The number of anilines is 1. The second-order valence-corrected chi connectivity index (χ2v) is 6.00. The Morgan fingerprint density at radius 1 is 1.27 bits per heavy atom. The fraction of sp³-hybridized carbons (Fsp3) is 0.438. The van der Waals surface area contributed by atoms with Crippen LogP contribution in [0.15, 0.2) is 24.3 Å². The lowest BCUT2D eigenvalue weighted by molar-refractivity contribution is -0.125. The molecule has 3 amide bonds. The average molecular weight is 298 g/mol. The quantitative estimate of drug-likeness (QED) is 0.808. The number of carbonyl (C=O) groups is 2. The van der Waals surface area contributed by atoms with Crippen molar-refractivity contribution in [2.24, 2.45) is 5.92 Å². The summed E-state index contributed by atoms with van der Waals surface area (Å²) in [5, 5.41) is 14.3. The van der Waals surface area contributed by atoms with Gasteiger partial charge >= 0.3 is 6.03 Å². The predicted molar refractivity (Wildman–Crippen MR) is 81.2 cm³/mol. The van der Waals surface area contributed by atoms with Gasteiger partial charge in [0, 0.05) is 13.1 Å². The van der Waals surface area contributed by atoms with Crippen molar-refractivity contribution >= 4 is 17.6 Å². The maximum Gasteiger partial charge on any atom is 0.322 e. The Hall–Kier alpha value is -2.55. The number of amides is 3. The first-order valence-electron chi connectivity index (χ1n) is 7.42. The molecule has 6 heteroatoms. The molecule has 2 N–H and O–H groups in total. The van der Waals surface area contributed by atoms with E-state index < -0.39 is 11.6 Å². The van der Waals surface area contributed by atoms with Gasteiger partial charge in [-0.15, -0.1) is 0 Å². The Morgan fingerprint density at radius 3 is 2.55 bits per heavy atom. The topological polar surface area (TPSA) is 85.2 Å². The summed E-state index contributed by atoms with van der Waals surface area (Å²) in [6.07, 6.45) is 1.59. The van der Waals surface area contributed by atoms with E-state index in [-0.39, 0.29) is 11.8 Å². The molecule has 2 aliphatic rings. The smallest absolute Gasteiger partial charge is 0.322 e. The molecule has 2 aliphatic heterocycles. The minimum Gasteiger partial charge on any atom is -0.370 e. The maximum absolute atomic E-state index is 12.0. The van der Waals surface area contributed by atoms with Gasteiger partial charge in [0.2, 0.25) is 0 Å². The number of urea groups is 1. The van der Waals surface area contributed by atoms with Crippen LogP contribution in [0.25, 0.3) is 0 Å². The molecule has 3 rings (SSSR count). The first kappa shape index (κ1) is 14.4. The summed E-state index contributed by atoms with van der Waals surface area (Å²) < 4.78 is 0. The third-order valence-electron chi connectivity index (χ3n) is 4.75. The van der Waals surface area contributed by atoms with Gasteiger partial charge in [-0.25, -0.2) is 4.79 Å². The van der Waals surface area contributed by atoms with Crippen LogP contribution in [-0.2, 0) is 4.79 Å². The van der Waals surface area contributed by atoms with Crippen LogP contribution in [0.3, 0.4) is 0 Å². The predicted octanol–water partition coefficient (Wildman–Crippen LogP) is 1.37. The zero-order chi connectivity index (χ0) is 15.7. The molecule has 0 bridgehead atoms. The van der Waals surface area contributed by atoms with Crippen molar-refractivity contribution in [1.29, 1.82) is 5.26 Å². The van der Waals surface area contributed by atoms with Gasteiger partial charge in [-0.3, -0.25) is 10.1 Å². The van der Waals surface area contributed by atoms with E-state index in [0.717, 1.165) is 31.6 Å². The first-order valence-corrected chi connectivity index (χ1v) is 7.42. The molecule has 6 nitrogen and oxygen atoms in total. The Labute approximate surface area is 129 Å². The summed E-state index contributed by atoms with van der Waals surface area (Å²) in [7, 11) is 0. The normalized spacial score (nSPS) is 25.5. The number of nitrogens with zero attached hydrogens (tertiary/aromatic N) is 2. The minimum atomic E-state index is -0.822. The van der Waals surface area contributed by atoms with Crippen LogP contribution >= 0.6 is 0 Å². The Morgan fingerprint density at radius 2 is 1.95 bits per heavy atom. The number of nitriles is 1. The second-order valence-electron chi connectivity index (χ2n) is 6.00. The summed E-state index contributed by atoms with van der Waals surface area (Å²) in [5.41, 5.74) is 0.783. The highest BCUT2D eigenvalue weighted by Crippen LogP contribution is 2.33. The van der Waals surface area contributed by atoms with Gasteiger partial charge in [-0.05, 0) is 37.8 Å². The van der Waals surface area contributed by atoms with E-state index in [2.05, 4.69) is 21.6 Å². The number of imide groups is 1. The van der Waals surface area contributed by atoms with Gasteiger partial charge in [0.15, 0.2) is 0 Å². The molecule has 114 valence electrons. The lowest BCUT2D eigenvalue weighted by Gasteiger charge is -2.39. The van der Waals surface area contributed by atoms with Crippen LogP contribution in [0, 0.1) is 17.2 Å². The summed E-state index contributed by atoms with van der Waals surface area (Å²) in [5.74, 6) is -0.141. The molecule has 22 heavy (non-hydrogen) atoms. The molecule has 2 fully saturated rings. The van der Waals surface area contributed by atoms with Crippen LogP contribution in [0.2, 0.25) is 0 Å². The SMILES string of the molecule is CC1(C2CCN(c3ccccc3C#N)CC2)NC(=O)NC1=O. The molecule has 2 saturated heterocycles. The van der Waals surface area contributed by atoms with E-state index in [1.807, 2.05) is 24.3 Å². The number of hydrogen-bond donors (Lipinski definition) is 2. The molecular weight excluding hydrogens is 280 g/mol. The van der Waals surface area contributed by atoms with Crippen LogP contribution in [0.4, 0.5) is 10.5 Å². The summed E-state index contributed by atoms with van der Waals surface area (Å²) in [6, 6.07) is 9.35. The highest BCUT2D eigenvalue weighted by Gasteiger charge is 2.48. The fourth-order valence-electron chi connectivity index (χ4n) is 3.39. The van der Waals surface area contributed by atoms with Gasteiger partial charge in [-0.1, -0.05) is 12.1 Å². The average Bonchev–Trinajstić information content (AvgIpc) is 2.81. The largest absolute Gasteiger partial charge is 0.370 e. The van der Waals surface area contributed by atoms with Crippen molar-refractivity contribution in [1.82, 2.24) is 10.6 Å². The number of hydrogen-bond acceptors (Lipinski definition) is 4. The van der Waals surface area contributed by atoms with Gasteiger partial charge in [0.25, 0.3) is 5.91 Å². The molecular formula is C16H18N4O2. The van der Waals surface area contributed by atoms with Crippen molar-refractivity contribution in [3.63, 3.8) is 0 Å². The highest BCUT2D eigenvalue weighted by atomic mass is 16.2. The molecule has 2 heterocycles. The highest BCUT2D eigenvalue weighted by molar-refractivity contribution is 6.06. The monoisotopic (exact) mass is 298 g/mol. The Balaban J connectivity index is 1.72. The Bertz CT molecular complexity index is 658. The molecule has 1 atom stereocenters. The van der Waals surface area contributed by atoms with Crippen LogP contribution in [0.1, 0.15) is 25.3 Å².